The maximum Gasteiger partial charge on any atom is 0.273 e. The van der Waals surface area contributed by atoms with Gasteiger partial charge in [0.05, 0.1) is 17.5 Å². The minimum absolute atomic E-state index is 0.264. The van der Waals surface area contributed by atoms with Gasteiger partial charge in [0.2, 0.25) is 0 Å². The summed E-state index contributed by atoms with van der Waals surface area (Å²) < 4.78 is 0.714. The summed E-state index contributed by atoms with van der Waals surface area (Å²) in [5.41, 5.74) is 6.85. The number of carbonyl (C=O) groups excluding carboxylic acids is 2. The molecule has 7 nitrogen and oxygen atoms in total. The minimum Gasteiger partial charge on any atom is -0.396 e. The molecule has 0 atom stereocenters. The van der Waals surface area contributed by atoms with Gasteiger partial charge >= 0.3 is 0 Å². The molecule has 2 amide bonds. The monoisotopic (exact) mass is 562 g/mol. The number of hydrogen-bond donors (Lipinski definition) is 3. The number of aliphatic hydroxyl groups is 1. The van der Waals surface area contributed by atoms with Gasteiger partial charge in [-0.2, -0.15) is 5.10 Å². The molecule has 192 valence electrons. The van der Waals surface area contributed by atoms with E-state index in [-0.39, 0.29) is 12.5 Å². The van der Waals surface area contributed by atoms with Crippen molar-refractivity contribution in [2.45, 2.75) is 26.3 Å². The molecule has 0 radical (unpaired) electrons. The molecule has 0 spiro atoms. The Morgan fingerprint density at radius 1 is 1.05 bits per heavy atom. The SMILES string of the molecule is Cc1cccc(C=NNC(=O)c2cc(Br)ccc2NC(=O)c2ccc(CN3CCC(CO)CC3)cc2)c1. The van der Waals surface area contributed by atoms with Gasteiger partial charge < -0.3 is 10.4 Å². The maximum absolute atomic E-state index is 13.0. The lowest BCUT2D eigenvalue weighted by atomic mass is 9.97. The molecule has 0 saturated carbocycles. The molecule has 3 N–H and O–H groups in total. The number of benzene rings is 3. The Labute approximate surface area is 225 Å². The fourth-order valence-corrected chi connectivity index (χ4v) is 4.69. The number of amides is 2. The minimum atomic E-state index is -0.430. The van der Waals surface area contributed by atoms with Crippen molar-refractivity contribution in [3.8, 4) is 0 Å². The first kappa shape index (κ1) is 26.7. The third-order valence-electron chi connectivity index (χ3n) is 6.48. The van der Waals surface area contributed by atoms with E-state index >= 15 is 0 Å². The molecule has 37 heavy (non-hydrogen) atoms. The predicted molar refractivity (Wildman–Crippen MR) is 150 cm³/mol. The molecule has 1 aliphatic rings. The van der Waals surface area contributed by atoms with Crippen molar-refractivity contribution in [2.75, 3.05) is 25.0 Å². The summed E-state index contributed by atoms with van der Waals surface area (Å²) in [6.45, 7) is 5.01. The van der Waals surface area contributed by atoms with Gasteiger partial charge in [-0.3, -0.25) is 14.5 Å². The summed E-state index contributed by atoms with van der Waals surface area (Å²) in [6, 6.07) is 20.4. The summed E-state index contributed by atoms with van der Waals surface area (Å²) in [5, 5.41) is 16.2. The lowest BCUT2D eigenvalue weighted by Gasteiger charge is -2.31. The number of nitrogens with one attached hydrogen (secondary N) is 2. The van der Waals surface area contributed by atoms with E-state index in [0.29, 0.717) is 27.2 Å². The Kier molecular flexibility index (Phi) is 9.22. The number of piperidine rings is 1. The smallest absolute Gasteiger partial charge is 0.273 e. The van der Waals surface area contributed by atoms with E-state index in [1.54, 1.807) is 36.5 Å². The van der Waals surface area contributed by atoms with Gasteiger partial charge in [-0.15, -0.1) is 0 Å². The number of rotatable bonds is 8. The quantitative estimate of drug-likeness (QED) is 0.266. The van der Waals surface area contributed by atoms with Crippen LogP contribution in [-0.2, 0) is 6.54 Å². The first-order valence-electron chi connectivity index (χ1n) is 12.3. The molecule has 0 unspecified atom stereocenters. The number of carbonyl (C=O) groups is 2. The highest BCUT2D eigenvalue weighted by molar-refractivity contribution is 9.10. The average Bonchev–Trinajstić information content (AvgIpc) is 2.90. The second-order valence-corrected chi connectivity index (χ2v) is 10.3. The Morgan fingerprint density at radius 3 is 2.51 bits per heavy atom. The summed E-state index contributed by atoms with van der Waals surface area (Å²) in [7, 11) is 0. The van der Waals surface area contributed by atoms with Crippen molar-refractivity contribution in [1.82, 2.24) is 10.3 Å². The molecular formula is C29H31BrN4O3. The van der Waals surface area contributed by atoms with Crippen molar-refractivity contribution < 1.29 is 14.7 Å². The van der Waals surface area contributed by atoms with Crippen LogP contribution in [0.2, 0.25) is 0 Å². The second kappa shape index (κ2) is 12.8. The number of anilines is 1. The zero-order chi connectivity index (χ0) is 26.2. The van der Waals surface area contributed by atoms with E-state index in [2.05, 4.69) is 36.7 Å². The third kappa shape index (κ3) is 7.58. The Hall–Kier alpha value is -3.33. The van der Waals surface area contributed by atoms with Crippen LogP contribution in [-0.4, -0.2) is 47.7 Å². The molecule has 3 aromatic carbocycles. The topological polar surface area (TPSA) is 94.0 Å². The number of likely N-dealkylation sites (tertiary alicyclic amines) is 1. The Morgan fingerprint density at radius 2 is 1.81 bits per heavy atom. The molecule has 0 aromatic heterocycles. The number of hydrazone groups is 1. The number of hydrogen-bond acceptors (Lipinski definition) is 5. The molecule has 0 aliphatic carbocycles. The van der Waals surface area contributed by atoms with E-state index in [1.807, 2.05) is 43.3 Å². The van der Waals surface area contributed by atoms with Gasteiger partial charge in [0.1, 0.15) is 0 Å². The molecule has 4 rings (SSSR count). The van der Waals surface area contributed by atoms with Crippen LogP contribution in [0.5, 0.6) is 0 Å². The van der Waals surface area contributed by atoms with Crippen LogP contribution in [0.1, 0.15) is 50.2 Å². The molecule has 1 heterocycles. The van der Waals surface area contributed by atoms with Crippen LogP contribution in [0.4, 0.5) is 5.69 Å². The van der Waals surface area contributed by atoms with E-state index in [1.165, 1.54) is 0 Å². The zero-order valence-electron chi connectivity index (χ0n) is 20.8. The number of nitrogens with zero attached hydrogens (tertiary/aromatic N) is 2. The van der Waals surface area contributed by atoms with E-state index in [9.17, 15) is 14.7 Å². The summed E-state index contributed by atoms with van der Waals surface area (Å²) in [5.74, 6) is -0.316. The first-order valence-corrected chi connectivity index (χ1v) is 13.1. The van der Waals surface area contributed by atoms with Gasteiger partial charge in [0, 0.05) is 23.2 Å². The second-order valence-electron chi connectivity index (χ2n) is 9.36. The van der Waals surface area contributed by atoms with Gasteiger partial charge in [-0.05, 0) is 80.2 Å². The van der Waals surface area contributed by atoms with Crippen LogP contribution in [0.25, 0.3) is 0 Å². The van der Waals surface area contributed by atoms with Crippen molar-refractivity contribution >= 4 is 39.6 Å². The molecule has 8 heteroatoms. The fraction of sp³-hybridized carbons (Fsp3) is 0.276. The lowest BCUT2D eigenvalue weighted by molar-refractivity contribution is 0.0956. The van der Waals surface area contributed by atoms with Crippen LogP contribution in [0.15, 0.2) is 76.3 Å². The molecule has 3 aromatic rings. The molecule has 1 saturated heterocycles. The van der Waals surface area contributed by atoms with Gasteiger partial charge in [-0.25, -0.2) is 5.43 Å². The highest BCUT2D eigenvalue weighted by Gasteiger charge is 2.19. The normalized spacial score (nSPS) is 14.6. The summed E-state index contributed by atoms with van der Waals surface area (Å²) in [4.78, 5) is 28.2. The van der Waals surface area contributed by atoms with Crippen molar-refractivity contribution in [1.29, 1.82) is 0 Å². The standard InChI is InChI=1S/C29H31BrN4O3/c1-20-3-2-4-23(15-20)17-31-33-29(37)26-16-25(30)9-10-27(26)32-28(36)24-7-5-21(6-8-24)18-34-13-11-22(19-35)12-14-34/h2-10,15-17,22,35H,11-14,18-19H2,1H3,(H,32,36)(H,33,37). The molecule has 1 aliphatic heterocycles. The largest absolute Gasteiger partial charge is 0.396 e. The number of halogens is 1. The summed E-state index contributed by atoms with van der Waals surface area (Å²) in [6.07, 6.45) is 3.60. The highest BCUT2D eigenvalue weighted by atomic mass is 79.9. The van der Waals surface area contributed by atoms with Crippen molar-refractivity contribution in [3.05, 3.63) is 99.0 Å². The van der Waals surface area contributed by atoms with E-state index < -0.39 is 5.91 Å². The van der Waals surface area contributed by atoms with Gasteiger partial charge in [0.15, 0.2) is 0 Å². The van der Waals surface area contributed by atoms with Crippen LogP contribution < -0.4 is 10.7 Å². The zero-order valence-corrected chi connectivity index (χ0v) is 22.4. The maximum atomic E-state index is 13.0. The van der Waals surface area contributed by atoms with E-state index in [0.717, 1.165) is 49.2 Å². The van der Waals surface area contributed by atoms with Crippen molar-refractivity contribution in [2.24, 2.45) is 11.0 Å². The number of aryl methyl sites for hydroxylation is 1. The average molecular weight is 563 g/mol. The van der Waals surface area contributed by atoms with Crippen LogP contribution >= 0.6 is 15.9 Å². The Balaban J connectivity index is 1.38. The van der Waals surface area contributed by atoms with Gasteiger partial charge in [0.25, 0.3) is 11.8 Å². The van der Waals surface area contributed by atoms with Crippen LogP contribution in [0, 0.1) is 12.8 Å². The van der Waals surface area contributed by atoms with Crippen LogP contribution in [0.3, 0.4) is 0 Å². The highest BCUT2D eigenvalue weighted by Crippen LogP contribution is 2.23. The van der Waals surface area contributed by atoms with E-state index in [4.69, 9.17) is 0 Å². The first-order chi connectivity index (χ1) is 17.9. The van der Waals surface area contributed by atoms with Gasteiger partial charge in [-0.1, -0.05) is 57.9 Å². The third-order valence-corrected chi connectivity index (χ3v) is 6.98. The predicted octanol–water partition coefficient (Wildman–Crippen LogP) is 4.98. The Bertz CT molecular complexity index is 1270. The molecular weight excluding hydrogens is 532 g/mol. The fourth-order valence-electron chi connectivity index (χ4n) is 4.33. The molecule has 0 bridgehead atoms. The lowest BCUT2D eigenvalue weighted by Crippen LogP contribution is -2.34. The molecule has 1 fully saturated rings. The van der Waals surface area contributed by atoms with Crippen molar-refractivity contribution in [3.63, 3.8) is 0 Å². The number of aliphatic hydroxyl groups excluding tert-OH is 1. The summed E-state index contributed by atoms with van der Waals surface area (Å²) >= 11 is 3.40.